The number of amides is 1. The van der Waals surface area contributed by atoms with Crippen LogP contribution in [0.25, 0.3) is 11.1 Å². The SMILES string of the molecule is Cc1scc(C(=O)N[C@H](C)C(C)(C)C)c1-c1ccccc1. The first-order valence-electron chi connectivity index (χ1n) is 7.25. The van der Waals surface area contributed by atoms with Crippen LogP contribution >= 0.6 is 11.3 Å². The second kappa shape index (κ2) is 6.02. The first-order valence-corrected chi connectivity index (χ1v) is 8.13. The summed E-state index contributed by atoms with van der Waals surface area (Å²) in [5, 5.41) is 5.09. The molecule has 1 aromatic heterocycles. The van der Waals surface area contributed by atoms with E-state index in [4.69, 9.17) is 0 Å². The normalized spacial score (nSPS) is 13.0. The fourth-order valence-electron chi connectivity index (χ4n) is 2.08. The zero-order chi connectivity index (χ0) is 15.6. The van der Waals surface area contributed by atoms with Gasteiger partial charge in [0.25, 0.3) is 5.91 Å². The van der Waals surface area contributed by atoms with Crippen LogP contribution in [0, 0.1) is 12.3 Å². The van der Waals surface area contributed by atoms with E-state index in [1.54, 1.807) is 11.3 Å². The van der Waals surface area contributed by atoms with E-state index in [0.717, 1.165) is 16.7 Å². The van der Waals surface area contributed by atoms with Crippen LogP contribution in [0.5, 0.6) is 0 Å². The molecule has 1 N–H and O–H groups in total. The van der Waals surface area contributed by atoms with E-state index < -0.39 is 0 Å². The first kappa shape index (κ1) is 15.8. The lowest BCUT2D eigenvalue weighted by Gasteiger charge is -2.28. The molecule has 1 heterocycles. The third-order valence-electron chi connectivity index (χ3n) is 3.93. The number of hydrogen-bond acceptors (Lipinski definition) is 2. The highest BCUT2D eigenvalue weighted by Crippen LogP contribution is 2.32. The van der Waals surface area contributed by atoms with Gasteiger partial charge >= 0.3 is 0 Å². The Balaban J connectivity index is 2.32. The number of carbonyl (C=O) groups excluding carboxylic acids is 1. The minimum absolute atomic E-state index is 0.0145. The third kappa shape index (κ3) is 3.53. The van der Waals surface area contributed by atoms with Crippen molar-refractivity contribution in [1.82, 2.24) is 5.32 Å². The summed E-state index contributed by atoms with van der Waals surface area (Å²) in [6.45, 7) is 10.5. The van der Waals surface area contributed by atoms with Gasteiger partial charge in [0.1, 0.15) is 0 Å². The number of rotatable bonds is 3. The van der Waals surface area contributed by atoms with Crippen LogP contribution < -0.4 is 5.32 Å². The lowest BCUT2D eigenvalue weighted by molar-refractivity contribution is 0.0911. The molecule has 112 valence electrons. The molecule has 2 nitrogen and oxygen atoms in total. The van der Waals surface area contributed by atoms with Crippen molar-refractivity contribution in [3.8, 4) is 11.1 Å². The second-order valence-corrected chi connectivity index (χ2v) is 7.59. The number of benzene rings is 1. The first-order chi connectivity index (χ1) is 9.80. The maximum absolute atomic E-state index is 12.6. The molecule has 0 fully saturated rings. The third-order valence-corrected chi connectivity index (χ3v) is 4.84. The minimum Gasteiger partial charge on any atom is -0.349 e. The van der Waals surface area contributed by atoms with Crippen molar-refractivity contribution in [3.63, 3.8) is 0 Å². The van der Waals surface area contributed by atoms with Crippen molar-refractivity contribution in [1.29, 1.82) is 0 Å². The fourth-order valence-corrected chi connectivity index (χ4v) is 2.94. The lowest BCUT2D eigenvalue weighted by Crippen LogP contribution is -2.41. The van der Waals surface area contributed by atoms with Crippen LogP contribution in [-0.4, -0.2) is 11.9 Å². The monoisotopic (exact) mass is 301 g/mol. The Kier molecular flexibility index (Phi) is 4.52. The van der Waals surface area contributed by atoms with Crippen LogP contribution in [0.2, 0.25) is 0 Å². The van der Waals surface area contributed by atoms with E-state index in [2.05, 4.69) is 52.1 Å². The molecule has 0 unspecified atom stereocenters. The summed E-state index contributed by atoms with van der Waals surface area (Å²) < 4.78 is 0. The minimum atomic E-state index is 0.0145. The summed E-state index contributed by atoms with van der Waals surface area (Å²) >= 11 is 1.63. The van der Waals surface area contributed by atoms with Gasteiger partial charge in [0.05, 0.1) is 5.56 Å². The molecule has 21 heavy (non-hydrogen) atoms. The number of carbonyl (C=O) groups is 1. The summed E-state index contributed by atoms with van der Waals surface area (Å²) in [5.74, 6) is 0.0145. The zero-order valence-electron chi connectivity index (χ0n) is 13.4. The molecule has 1 amide bonds. The number of hydrogen-bond donors (Lipinski definition) is 1. The Bertz CT molecular complexity index is 622. The molecule has 0 aliphatic heterocycles. The molecule has 0 spiro atoms. The van der Waals surface area contributed by atoms with Gasteiger partial charge in [-0.2, -0.15) is 0 Å². The molecule has 0 aliphatic rings. The molecular weight excluding hydrogens is 278 g/mol. The highest BCUT2D eigenvalue weighted by atomic mass is 32.1. The number of nitrogens with one attached hydrogen (secondary N) is 1. The highest BCUT2D eigenvalue weighted by Gasteiger charge is 2.24. The van der Waals surface area contributed by atoms with Crippen LogP contribution in [0.3, 0.4) is 0 Å². The summed E-state index contributed by atoms with van der Waals surface area (Å²) in [5.41, 5.74) is 2.98. The van der Waals surface area contributed by atoms with Gasteiger partial charge < -0.3 is 5.32 Å². The Morgan fingerprint density at radius 1 is 1.19 bits per heavy atom. The van der Waals surface area contributed by atoms with Crippen LogP contribution in [-0.2, 0) is 0 Å². The number of aryl methyl sites for hydroxylation is 1. The quantitative estimate of drug-likeness (QED) is 0.859. The van der Waals surface area contributed by atoms with Gasteiger partial charge in [-0.05, 0) is 24.8 Å². The Morgan fingerprint density at radius 2 is 1.81 bits per heavy atom. The van der Waals surface area contributed by atoms with E-state index in [1.807, 2.05) is 23.6 Å². The highest BCUT2D eigenvalue weighted by molar-refractivity contribution is 7.10. The standard InChI is InChI=1S/C18H23NOS/c1-12-16(14-9-7-6-8-10-14)15(11-21-12)17(20)19-13(2)18(3,4)5/h6-11,13H,1-5H3,(H,19,20)/t13-/m1/s1. The fraction of sp³-hybridized carbons (Fsp3) is 0.389. The molecule has 3 heteroatoms. The van der Waals surface area contributed by atoms with E-state index in [0.29, 0.717) is 0 Å². The van der Waals surface area contributed by atoms with Crippen LogP contribution in [0.4, 0.5) is 0 Å². The molecule has 2 rings (SSSR count). The smallest absolute Gasteiger partial charge is 0.252 e. The predicted molar refractivity (Wildman–Crippen MR) is 90.9 cm³/mol. The molecular formula is C18H23NOS. The van der Waals surface area contributed by atoms with Crippen LogP contribution in [0.15, 0.2) is 35.7 Å². The summed E-state index contributed by atoms with van der Waals surface area (Å²) in [6, 6.07) is 10.2. The van der Waals surface area contributed by atoms with Crippen molar-refractivity contribution in [2.45, 2.75) is 40.7 Å². The topological polar surface area (TPSA) is 29.1 Å². The van der Waals surface area contributed by atoms with Gasteiger partial charge in [-0.1, -0.05) is 51.1 Å². The summed E-state index contributed by atoms with van der Waals surface area (Å²) in [6.07, 6.45) is 0. The Hall–Kier alpha value is -1.61. The largest absolute Gasteiger partial charge is 0.349 e. The van der Waals surface area contributed by atoms with Gasteiger partial charge in [-0.15, -0.1) is 11.3 Å². The van der Waals surface area contributed by atoms with Gasteiger partial charge in [-0.25, -0.2) is 0 Å². The van der Waals surface area contributed by atoms with Gasteiger partial charge in [-0.3, -0.25) is 4.79 Å². The summed E-state index contributed by atoms with van der Waals surface area (Å²) in [4.78, 5) is 13.8. The van der Waals surface area contributed by atoms with E-state index in [1.165, 1.54) is 4.88 Å². The van der Waals surface area contributed by atoms with Crippen molar-refractivity contribution < 1.29 is 4.79 Å². The van der Waals surface area contributed by atoms with E-state index >= 15 is 0 Å². The molecule has 0 aliphatic carbocycles. The van der Waals surface area contributed by atoms with Crippen molar-refractivity contribution in [2.75, 3.05) is 0 Å². The van der Waals surface area contributed by atoms with E-state index in [9.17, 15) is 4.79 Å². The van der Waals surface area contributed by atoms with Gasteiger partial charge in [0.2, 0.25) is 0 Å². The van der Waals surface area contributed by atoms with Crippen molar-refractivity contribution in [2.24, 2.45) is 5.41 Å². The predicted octanol–water partition coefficient (Wildman–Crippen LogP) is 4.89. The van der Waals surface area contributed by atoms with Crippen molar-refractivity contribution >= 4 is 17.2 Å². The molecule has 0 saturated heterocycles. The average Bonchev–Trinajstić information content (AvgIpc) is 2.80. The Morgan fingerprint density at radius 3 is 2.38 bits per heavy atom. The zero-order valence-corrected chi connectivity index (χ0v) is 14.2. The maximum atomic E-state index is 12.6. The Labute approximate surface area is 131 Å². The van der Waals surface area contributed by atoms with Crippen molar-refractivity contribution in [3.05, 3.63) is 46.2 Å². The summed E-state index contributed by atoms with van der Waals surface area (Å²) in [7, 11) is 0. The molecule has 1 atom stereocenters. The molecule has 0 radical (unpaired) electrons. The molecule has 0 saturated carbocycles. The molecule has 1 aromatic carbocycles. The average molecular weight is 301 g/mol. The number of thiophene rings is 1. The maximum Gasteiger partial charge on any atom is 0.252 e. The van der Waals surface area contributed by atoms with Gasteiger partial charge in [0.15, 0.2) is 0 Å². The molecule has 2 aromatic rings. The van der Waals surface area contributed by atoms with Crippen LogP contribution in [0.1, 0.15) is 42.9 Å². The van der Waals surface area contributed by atoms with E-state index in [-0.39, 0.29) is 17.4 Å². The molecule has 0 bridgehead atoms. The van der Waals surface area contributed by atoms with Gasteiger partial charge in [0, 0.05) is 21.9 Å². The second-order valence-electron chi connectivity index (χ2n) is 6.51. The lowest BCUT2D eigenvalue weighted by atomic mass is 9.88.